The Morgan fingerprint density at radius 1 is 1.10 bits per heavy atom. The van der Waals surface area contributed by atoms with Crippen molar-refractivity contribution >= 4 is 17.3 Å². The first-order chi connectivity index (χ1) is 9.51. The number of nitrogens with one attached hydrogen (secondary N) is 1. The molecule has 0 aromatic heterocycles. The SMILES string of the molecule is COc1ccc(C(=O)O)cc1Nc1ccc(C)c(C)c1. The van der Waals surface area contributed by atoms with Gasteiger partial charge in [0.2, 0.25) is 0 Å². The van der Waals surface area contributed by atoms with Crippen molar-refractivity contribution in [1.82, 2.24) is 0 Å². The van der Waals surface area contributed by atoms with Gasteiger partial charge in [-0.15, -0.1) is 0 Å². The number of methoxy groups -OCH3 is 1. The van der Waals surface area contributed by atoms with Crippen LogP contribution in [0.15, 0.2) is 36.4 Å². The summed E-state index contributed by atoms with van der Waals surface area (Å²) in [6.07, 6.45) is 0. The summed E-state index contributed by atoms with van der Waals surface area (Å²) in [7, 11) is 1.56. The maximum atomic E-state index is 11.0. The molecular weight excluding hydrogens is 254 g/mol. The fourth-order valence-corrected chi connectivity index (χ4v) is 1.91. The van der Waals surface area contributed by atoms with Gasteiger partial charge in [-0.3, -0.25) is 0 Å². The Morgan fingerprint density at radius 3 is 2.45 bits per heavy atom. The predicted molar refractivity (Wildman–Crippen MR) is 79.2 cm³/mol. The third-order valence-electron chi connectivity index (χ3n) is 3.23. The van der Waals surface area contributed by atoms with Gasteiger partial charge < -0.3 is 15.2 Å². The first-order valence-corrected chi connectivity index (χ1v) is 6.27. The van der Waals surface area contributed by atoms with Gasteiger partial charge >= 0.3 is 5.97 Å². The highest BCUT2D eigenvalue weighted by Crippen LogP contribution is 2.29. The van der Waals surface area contributed by atoms with Crippen LogP contribution in [-0.2, 0) is 0 Å². The average Bonchev–Trinajstić information content (AvgIpc) is 2.42. The Balaban J connectivity index is 2.37. The number of benzene rings is 2. The molecule has 2 N–H and O–H groups in total. The van der Waals surface area contributed by atoms with Gasteiger partial charge in [-0.1, -0.05) is 6.07 Å². The summed E-state index contributed by atoms with van der Waals surface area (Å²) in [5.41, 5.74) is 4.13. The molecule has 0 aliphatic rings. The van der Waals surface area contributed by atoms with Crippen LogP contribution in [-0.4, -0.2) is 18.2 Å². The number of rotatable bonds is 4. The van der Waals surface area contributed by atoms with Gasteiger partial charge in [-0.05, 0) is 55.3 Å². The molecule has 0 atom stereocenters. The first kappa shape index (κ1) is 13.9. The van der Waals surface area contributed by atoms with Crippen LogP contribution in [0.1, 0.15) is 21.5 Å². The van der Waals surface area contributed by atoms with Crippen LogP contribution in [0.3, 0.4) is 0 Å². The molecule has 4 heteroatoms. The van der Waals surface area contributed by atoms with Crippen LogP contribution in [0.25, 0.3) is 0 Å². The molecule has 0 aliphatic heterocycles. The molecule has 2 aromatic carbocycles. The monoisotopic (exact) mass is 271 g/mol. The second-order valence-corrected chi connectivity index (χ2v) is 4.64. The third-order valence-corrected chi connectivity index (χ3v) is 3.23. The normalized spacial score (nSPS) is 10.2. The zero-order chi connectivity index (χ0) is 14.7. The Bertz CT molecular complexity index is 650. The Labute approximate surface area is 118 Å². The lowest BCUT2D eigenvalue weighted by Gasteiger charge is -2.13. The highest BCUT2D eigenvalue weighted by Gasteiger charge is 2.09. The van der Waals surface area contributed by atoms with Gasteiger partial charge in [-0.25, -0.2) is 4.79 Å². The molecule has 0 fully saturated rings. The minimum Gasteiger partial charge on any atom is -0.495 e. The average molecular weight is 271 g/mol. The number of hydrogen-bond donors (Lipinski definition) is 2. The summed E-state index contributed by atoms with van der Waals surface area (Å²) in [4.78, 5) is 11.0. The van der Waals surface area contributed by atoms with Gasteiger partial charge in [0.1, 0.15) is 5.75 Å². The van der Waals surface area contributed by atoms with Crippen molar-refractivity contribution in [3.8, 4) is 5.75 Å². The lowest BCUT2D eigenvalue weighted by molar-refractivity contribution is 0.0697. The summed E-state index contributed by atoms with van der Waals surface area (Å²) >= 11 is 0. The third kappa shape index (κ3) is 2.91. The number of hydrogen-bond acceptors (Lipinski definition) is 3. The molecule has 2 rings (SSSR count). The van der Waals surface area contributed by atoms with Crippen LogP contribution in [0.2, 0.25) is 0 Å². The van der Waals surface area contributed by atoms with E-state index in [9.17, 15) is 4.79 Å². The van der Waals surface area contributed by atoms with E-state index < -0.39 is 5.97 Å². The zero-order valence-electron chi connectivity index (χ0n) is 11.7. The zero-order valence-corrected chi connectivity index (χ0v) is 11.7. The molecule has 2 aromatic rings. The van der Waals surface area contributed by atoms with Crippen LogP contribution >= 0.6 is 0 Å². The molecule has 0 aliphatic carbocycles. The van der Waals surface area contributed by atoms with Crippen molar-refractivity contribution in [3.05, 3.63) is 53.1 Å². The highest BCUT2D eigenvalue weighted by molar-refractivity contribution is 5.90. The minimum atomic E-state index is -0.962. The molecular formula is C16H17NO3. The van der Waals surface area contributed by atoms with Crippen molar-refractivity contribution in [2.24, 2.45) is 0 Å². The molecule has 0 radical (unpaired) electrons. The summed E-state index contributed by atoms with van der Waals surface area (Å²) in [5, 5.41) is 12.2. The smallest absolute Gasteiger partial charge is 0.335 e. The number of ether oxygens (including phenoxy) is 1. The van der Waals surface area contributed by atoms with Crippen LogP contribution < -0.4 is 10.1 Å². The fraction of sp³-hybridized carbons (Fsp3) is 0.188. The molecule has 0 amide bonds. The Morgan fingerprint density at radius 2 is 1.85 bits per heavy atom. The standard InChI is InChI=1S/C16H17NO3/c1-10-4-6-13(8-11(10)2)17-14-9-12(16(18)19)5-7-15(14)20-3/h4-9,17H,1-3H3,(H,18,19). The number of carboxylic acid groups (broad SMARTS) is 1. The number of aromatic carboxylic acids is 1. The van der Waals surface area contributed by atoms with Crippen LogP contribution in [0.4, 0.5) is 11.4 Å². The second-order valence-electron chi connectivity index (χ2n) is 4.64. The quantitative estimate of drug-likeness (QED) is 0.889. The lowest BCUT2D eigenvalue weighted by atomic mass is 10.1. The highest BCUT2D eigenvalue weighted by atomic mass is 16.5. The minimum absolute atomic E-state index is 0.220. The molecule has 20 heavy (non-hydrogen) atoms. The molecule has 0 saturated carbocycles. The fourth-order valence-electron chi connectivity index (χ4n) is 1.91. The maximum absolute atomic E-state index is 11.0. The van der Waals surface area contributed by atoms with E-state index in [4.69, 9.17) is 9.84 Å². The predicted octanol–water partition coefficient (Wildman–Crippen LogP) is 3.75. The molecule has 0 heterocycles. The van der Waals surface area contributed by atoms with Crippen molar-refractivity contribution in [3.63, 3.8) is 0 Å². The molecule has 0 bridgehead atoms. The summed E-state index contributed by atoms with van der Waals surface area (Å²) in [6, 6.07) is 10.7. The van der Waals surface area contributed by atoms with Gasteiger partial charge in [0.15, 0.2) is 0 Å². The molecule has 0 unspecified atom stereocenters. The van der Waals surface area contributed by atoms with Crippen molar-refractivity contribution in [1.29, 1.82) is 0 Å². The van der Waals surface area contributed by atoms with E-state index >= 15 is 0 Å². The van der Waals surface area contributed by atoms with Gasteiger partial charge in [0.25, 0.3) is 0 Å². The van der Waals surface area contributed by atoms with Crippen molar-refractivity contribution < 1.29 is 14.6 Å². The number of carbonyl (C=O) groups is 1. The number of aryl methyl sites for hydroxylation is 2. The van der Waals surface area contributed by atoms with Crippen molar-refractivity contribution in [2.45, 2.75) is 13.8 Å². The van der Waals surface area contributed by atoms with E-state index in [0.29, 0.717) is 11.4 Å². The first-order valence-electron chi connectivity index (χ1n) is 6.27. The topological polar surface area (TPSA) is 58.6 Å². The number of carboxylic acids is 1. The molecule has 0 saturated heterocycles. The molecule has 104 valence electrons. The van der Waals surface area contributed by atoms with Gasteiger partial charge in [0.05, 0.1) is 18.4 Å². The molecule has 0 spiro atoms. The molecule has 4 nitrogen and oxygen atoms in total. The van der Waals surface area contributed by atoms with E-state index in [1.807, 2.05) is 32.0 Å². The van der Waals surface area contributed by atoms with E-state index in [1.165, 1.54) is 17.2 Å². The van der Waals surface area contributed by atoms with Gasteiger partial charge in [0, 0.05) is 5.69 Å². The largest absolute Gasteiger partial charge is 0.495 e. The Hall–Kier alpha value is -2.49. The summed E-state index contributed by atoms with van der Waals surface area (Å²) in [5.74, 6) is -0.357. The lowest BCUT2D eigenvalue weighted by Crippen LogP contribution is -2.00. The Kier molecular flexibility index (Phi) is 3.94. The van der Waals surface area contributed by atoms with E-state index in [-0.39, 0.29) is 5.56 Å². The van der Waals surface area contributed by atoms with Crippen molar-refractivity contribution in [2.75, 3.05) is 12.4 Å². The summed E-state index contributed by atoms with van der Waals surface area (Å²) in [6.45, 7) is 4.08. The van der Waals surface area contributed by atoms with Crippen LogP contribution in [0.5, 0.6) is 5.75 Å². The van der Waals surface area contributed by atoms with E-state index in [0.717, 1.165) is 5.69 Å². The van der Waals surface area contributed by atoms with E-state index in [1.54, 1.807) is 19.2 Å². The van der Waals surface area contributed by atoms with E-state index in [2.05, 4.69) is 5.32 Å². The summed E-state index contributed by atoms with van der Waals surface area (Å²) < 4.78 is 5.25. The second kappa shape index (κ2) is 5.65. The van der Waals surface area contributed by atoms with Crippen LogP contribution in [0, 0.1) is 13.8 Å². The number of anilines is 2. The van der Waals surface area contributed by atoms with Gasteiger partial charge in [-0.2, -0.15) is 0 Å². The maximum Gasteiger partial charge on any atom is 0.335 e.